The van der Waals surface area contributed by atoms with Gasteiger partial charge in [-0.15, -0.1) is 11.3 Å². The van der Waals surface area contributed by atoms with Crippen molar-refractivity contribution in [3.05, 3.63) is 146 Å². The van der Waals surface area contributed by atoms with E-state index >= 15 is 0 Å². The van der Waals surface area contributed by atoms with Gasteiger partial charge in [0.2, 0.25) is 0 Å². The molecular formula is C40H24N4OS. The largest absolute Gasteiger partial charge is 0.455 e. The third-order valence-electron chi connectivity index (χ3n) is 8.18. The highest BCUT2D eigenvalue weighted by atomic mass is 32.1. The minimum Gasteiger partial charge on any atom is -0.455 e. The lowest BCUT2D eigenvalue weighted by Gasteiger charge is -2.10. The Morgan fingerprint density at radius 1 is 0.413 bits per heavy atom. The van der Waals surface area contributed by atoms with E-state index in [0.29, 0.717) is 17.5 Å². The molecule has 0 N–H and O–H groups in total. The second-order valence-corrected chi connectivity index (χ2v) is 12.1. The fourth-order valence-corrected chi connectivity index (χ4v) is 6.95. The van der Waals surface area contributed by atoms with Gasteiger partial charge in [0.15, 0.2) is 17.5 Å². The van der Waals surface area contributed by atoms with Crippen molar-refractivity contribution in [2.45, 2.75) is 0 Å². The Bertz CT molecular complexity index is 2450. The molecule has 0 aliphatic heterocycles. The van der Waals surface area contributed by atoms with E-state index in [2.05, 4.69) is 66.7 Å². The van der Waals surface area contributed by atoms with E-state index in [1.165, 1.54) is 0 Å². The molecule has 0 amide bonds. The van der Waals surface area contributed by atoms with Crippen molar-refractivity contribution in [2.75, 3.05) is 0 Å². The van der Waals surface area contributed by atoms with E-state index in [-0.39, 0.29) is 0 Å². The van der Waals surface area contributed by atoms with Crippen molar-refractivity contribution >= 4 is 43.5 Å². The number of nitrogens with zero attached hydrogens (tertiary/aromatic N) is 4. The predicted octanol–water partition coefficient (Wildman–Crippen LogP) is 10.7. The minimum absolute atomic E-state index is 0.615. The van der Waals surface area contributed by atoms with E-state index in [9.17, 15) is 0 Å². The van der Waals surface area contributed by atoms with Crippen LogP contribution in [0.1, 0.15) is 0 Å². The van der Waals surface area contributed by atoms with E-state index in [4.69, 9.17) is 24.4 Å². The Morgan fingerprint density at radius 3 is 1.61 bits per heavy atom. The van der Waals surface area contributed by atoms with Gasteiger partial charge in [-0.1, -0.05) is 121 Å². The molecular weight excluding hydrogens is 585 g/mol. The van der Waals surface area contributed by atoms with Crippen LogP contribution >= 0.6 is 11.3 Å². The molecule has 3 heterocycles. The Balaban J connectivity index is 1.19. The van der Waals surface area contributed by atoms with Gasteiger partial charge in [0.1, 0.15) is 16.2 Å². The number of rotatable bonds is 5. The molecule has 0 saturated heterocycles. The zero-order valence-corrected chi connectivity index (χ0v) is 25.3. The maximum Gasteiger partial charge on any atom is 0.164 e. The predicted molar refractivity (Wildman–Crippen MR) is 187 cm³/mol. The third-order valence-corrected chi connectivity index (χ3v) is 9.25. The van der Waals surface area contributed by atoms with Gasteiger partial charge >= 0.3 is 0 Å². The lowest BCUT2D eigenvalue weighted by atomic mass is 10.00. The normalized spacial score (nSPS) is 11.5. The van der Waals surface area contributed by atoms with Gasteiger partial charge in [0.25, 0.3) is 0 Å². The first-order chi connectivity index (χ1) is 22.8. The van der Waals surface area contributed by atoms with Crippen molar-refractivity contribution in [1.82, 2.24) is 19.9 Å². The van der Waals surface area contributed by atoms with Crippen LogP contribution in [0.2, 0.25) is 0 Å². The Hall–Kier alpha value is -5.98. The molecule has 0 radical (unpaired) electrons. The summed E-state index contributed by atoms with van der Waals surface area (Å²) in [7, 11) is 0. The summed E-state index contributed by atoms with van der Waals surface area (Å²) in [5.41, 5.74) is 8.49. The summed E-state index contributed by atoms with van der Waals surface area (Å²) in [5, 5.41) is 3.09. The van der Waals surface area contributed by atoms with Crippen molar-refractivity contribution < 1.29 is 4.42 Å². The summed E-state index contributed by atoms with van der Waals surface area (Å²) < 4.78 is 7.90. The average Bonchev–Trinajstić information content (AvgIpc) is 3.74. The molecule has 46 heavy (non-hydrogen) atoms. The minimum atomic E-state index is 0.615. The van der Waals surface area contributed by atoms with Crippen LogP contribution in [0.4, 0.5) is 0 Å². The number of hydrogen-bond acceptors (Lipinski definition) is 6. The van der Waals surface area contributed by atoms with Crippen LogP contribution in [-0.4, -0.2) is 19.9 Å². The number of aromatic nitrogens is 4. The zero-order valence-electron chi connectivity index (χ0n) is 24.5. The van der Waals surface area contributed by atoms with Gasteiger partial charge < -0.3 is 4.42 Å². The van der Waals surface area contributed by atoms with E-state index in [1.807, 2.05) is 78.9 Å². The molecule has 9 aromatic rings. The molecule has 216 valence electrons. The molecule has 0 bridgehead atoms. The maximum atomic E-state index is 6.74. The average molecular weight is 609 g/mol. The molecule has 5 nitrogen and oxygen atoms in total. The summed E-state index contributed by atoms with van der Waals surface area (Å²) in [4.78, 5) is 19.7. The SMILES string of the molecule is c1ccc(-c2nc(-c3ccccc3)nc(-c3cccc(-c4cccc5c4oc4c(-c6nc7ccccc7s6)cccc45)c3)n2)cc1. The first-order valence-corrected chi connectivity index (χ1v) is 15.9. The summed E-state index contributed by atoms with van der Waals surface area (Å²) in [6.45, 7) is 0. The van der Waals surface area contributed by atoms with Crippen LogP contribution in [0.5, 0.6) is 0 Å². The van der Waals surface area contributed by atoms with Gasteiger partial charge in [-0.3, -0.25) is 0 Å². The Kier molecular flexibility index (Phi) is 6.25. The first-order valence-electron chi connectivity index (χ1n) is 15.1. The summed E-state index contributed by atoms with van der Waals surface area (Å²) in [5.74, 6) is 1.89. The van der Waals surface area contributed by atoms with Crippen molar-refractivity contribution in [1.29, 1.82) is 0 Å². The van der Waals surface area contributed by atoms with Gasteiger partial charge in [-0.05, 0) is 29.8 Å². The fourth-order valence-electron chi connectivity index (χ4n) is 5.97. The monoisotopic (exact) mass is 608 g/mol. The molecule has 3 aromatic heterocycles. The van der Waals surface area contributed by atoms with E-state index in [1.54, 1.807) is 11.3 Å². The van der Waals surface area contributed by atoms with Gasteiger partial charge in [0.05, 0.1) is 15.8 Å². The molecule has 0 saturated carbocycles. The van der Waals surface area contributed by atoms with Gasteiger partial charge in [0, 0.05) is 33.0 Å². The number of benzene rings is 6. The second-order valence-electron chi connectivity index (χ2n) is 11.1. The summed E-state index contributed by atoms with van der Waals surface area (Å²) in [6.07, 6.45) is 0. The first kappa shape index (κ1) is 26.4. The number of para-hydroxylation sites is 3. The Labute approximate surface area is 268 Å². The van der Waals surface area contributed by atoms with Crippen LogP contribution in [-0.2, 0) is 0 Å². The standard InChI is InChI=1S/C40H24N4OS/c1-3-12-25(13-4-1)37-42-38(26-14-5-2-6-15-26)44-39(43-37)28-17-9-16-27(24-28)29-18-10-19-30-31-20-11-21-32(36(31)45-35(29)30)40-41-33-22-7-8-23-34(33)46-40/h1-24H. The fraction of sp³-hybridized carbons (Fsp3) is 0. The number of hydrogen-bond donors (Lipinski definition) is 0. The molecule has 0 spiro atoms. The van der Waals surface area contributed by atoms with Crippen LogP contribution < -0.4 is 0 Å². The second kappa shape index (κ2) is 10.9. The van der Waals surface area contributed by atoms with Crippen LogP contribution in [0.15, 0.2) is 150 Å². The topological polar surface area (TPSA) is 64.7 Å². The molecule has 6 heteroatoms. The van der Waals surface area contributed by atoms with Crippen molar-refractivity contribution in [3.63, 3.8) is 0 Å². The summed E-state index contributed by atoms with van der Waals surface area (Å²) >= 11 is 1.68. The molecule has 6 aromatic carbocycles. The van der Waals surface area contributed by atoms with Gasteiger partial charge in [-0.2, -0.15) is 0 Å². The van der Waals surface area contributed by atoms with Gasteiger partial charge in [-0.25, -0.2) is 19.9 Å². The third kappa shape index (κ3) is 4.55. The maximum absolute atomic E-state index is 6.74. The lowest BCUT2D eigenvalue weighted by molar-refractivity contribution is 0.671. The van der Waals surface area contributed by atoms with Crippen LogP contribution in [0, 0.1) is 0 Å². The number of furan rings is 1. The van der Waals surface area contributed by atoms with Crippen LogP contribution in [0.3, 0.4) is 0 Å². The van der Waals surface area contributed by atoms with E-state index < -0.39 is 0 Å². The molecule has 9 rings (SSSR count). The molecule has 0 unspecified atom stereocenters. The number of fused-ring (bicyclic) bond motifs is 4. The highest BCUT2D eigenvalue weighted by Gasteiger charge is 2.18. The quantitative estimate of drug-likeness (QED) is 0.194. The summed E-state index contributed by atoms with van der Waals surface area (Å²) in [6, 6.07) is 49.3. The highest BCUT2D eigenvalue weighted by Crippen LogP contribution is 2.42. The van der Waals surface area contributed by atoms with Crippen molar-refractivity contribution in [2.24, 2.45) is 0 Å². The smallest absolute Gasteiger partial charge is 0.164 e. The molecule has 0 atom stereocenters. The molecule has 0 fully saturated rings. The van der Waals surface area contributed by atoms with E-state index in [0.717, 1.165) is 70.5 Å². The lowest BCUT2D eigenvalue weighted by Crippen LogP contribution is -2.00. The molecule has 0 aliphatic rings. The Morgan fingerprint density at radius 2 is 0.935 bits per heavy atom. The number of thiazole rings is 1. The molecule has 0 aliphatic carbocycles. The zero-order chi connectivity index (χ0) is 30.5. The van der Waals surface area contributed by atoms with Crippen molar-refractivity contribution in [3.8, 4) is 55.9 Å². The highest BCUT2D eigenvalue weighted by molar-refractivity contribution is 7.21. The van der Waals surface area contributed by atoms with Crippen LogP contribution in [0.25, 0.3) is 88.0 Å².